The largest absolute Gasteiger partial charge is 0.490 e. The minimum absolute atomic E-state index is 0.178. The average molecular weight is 421 g/mol. The van der Waals surface area contributed by atoms with E-state index in [0.717, 1.165) is 5.56 Å². The van der Waals surface area contributed by atoms with E-state index in [4.69, 9.17) is 35.3 Å². The van der Waals surface area contributed by atoms with Crippen molar-refractivity contribution in [2.75, 3.05) is 26.4 Å². The quantitative estimate of drug-likeness (QED) is 0.553. The van der Waals surface area contributed by atoms with Gasteiger partial charge in [0.15, 0.2) is 17.6 Å². The van der Waals surface area contributed by atoms with Gasteiger partial charge in [0.25, 0.3) is 0 Å². The molecular formula is C22H25ClO6. The van der Waals surface area contributed by atoms with Crippen molar-refractivity contribution in [3.05, 3.63) is 53.1 Å². The summed E-state index contributed by atoms with van der Waals surface area (Å²) in [4.78, 5) is 11.8. The Hall–Kier alpha value is -2.44. The Morgan fingerprint density at radius 2 is 1.93 bits per heavy atom. The molecule has 6 nitrogen and oxygen atoms in total. The van der Waals surface area contributed by atoms with Gasteiger partial charge < -0.3 is 23.7 Å². The molecule has 0 aliphatic carbocycles. The molecule has 0 saturated carbocycles. The molecule has 0 amide bonds. The number of carbonyl (C=O) groups excluding carboxylic acids is 1. The van der Waals surface area contributed by atoms with Crippen molar-refractivity contribution >= 4 is 17.6 Å². The van der Waals surface area contributed by atoms with Crippen LogP contribution >= 0.6 is 11.6 Å². The summed E-state index contributed by atoms with van der Waals surface area (Å²) in [6.07, 6.45) is -0.401. The van der Waals surface area contributed by atoms with Gasteiger partial charge in [-0.05, 0) is 43.7 Å². The van der Waals surface area contributed by atoms with E-state index in [2.05, 4.69) is 0 Å². The first-order valence-electron chi connectivity index (χ1n) is 9.68. The van der Waals surface area contributed by atoms with E-state index in [-0.39, 0.29) is 24.6 Å². The van der Waals surface area contributed by atoms with Gasteiger partial charge in [0.05, 0.1) is 19.1 Å². The number of ether oxygens (including phenoxy) is 5. The van der Waals surface area contributed by atoms with E-state index >= 15 is 0 Å². The second-order valence-corrected chi connectivity index (χ2v) is 6.91. The molecule has 7 heteroatoms. The molecule has 2 atom stereocenters. The molecule has 2 unspecified atom stereocenters. The second-order valence-electron chi connectivity index (χ2n) is 6.48. The molecule has 0 aromatic heterocycles. The number of rotatable bonds is 9. The molecule has 156 valence electrons. The van der Waals surface area contributed by atoms with Crippen LogP contribution in [-0.4, -0.2) is 38.5 Å². The fraction of sp³-hybridized carbons (Fsp3) is 0.409. The summed E-state index contributed by atoms with van der Waals surface area (Å²) in [6.45, 7) is 5.28. The lowest BCUT2D eigenvalue weighted by atomic mass is 10.1. The Morgan fingerprint density at radius 3 is 2.66 bits per heavy atom. The molecular weight excluding hydrogens is 396 g/mol. The van der Waals surface area contributed by atoms with Crippen molar-refractivity contribution < 1.29 is 28.5 Å². The maximum Gasteiger partial charge on any atom is 0.308 e. The van der Waals surface area contributed by atoms with E-state index in [0.29, 0.717) is 48.7 Å². The van der Waals surface area contributed by atoms with Crippen molar-refractivity contribution in [1.82, 2.24) is 0 Å². The molecule has 1 aliphatic rings. The highest BCUT2D eigenvalue weighted by molar-refractivity contribution is 6.30. The number of carbonyl (C=O) groups is 1. The molecule has 1 heterocycles. The highest BCUT2D eigenvalue weighted by atomic mass is 35.5. The molecule has 2 aromatic rings. The number of halogens is 1. The summed E-state index contributed by atoms with van der Waals surface area (Å²) >= 11 is 6.00. The molecule has 29 heavy (non-hydrogen) atoms. The third-order valence-corrected chi connectivity index (χ3v) is 4.57. The van der Waals surface area contributed by atoms with Gasteiger partial charge in [-0.1, -0.05) is 23.7 Å². The normalized spacial score (nSPS) is 16.2. The van der Waals surface area contributed by atoms with Crippen LogP contribution in [0.3, 0.4) is 0 Å². The molecule has 0 spiro atoms. The first-order chi connectivity index (χ1) is 14.1. The Bertz CT molecular complexity index is 807. The van der Waals surface area contributed by atoms with E-state index in [1.807, 2.05) is 31.2 Å². The van der Waals surface area contributed by atoms with Crippen molar-refractivity contribution in [2.45, 2.75) is 32.5 Å². The minimum atomic E-state index is -0.343. The zero-order chi connectivity index (χ0) is 20.6. The minimum Gasteiger partial charge on any atom is -0.490 e. The van der Waals surface area contributed by atoms with Crippen molar-refractivity contribution in [1.29, 1.82) is 0 Å². The number of hydrogen-bond acceptors (Lipinski definition) is 6. The van der Waals surface area contributed by atoms with E-state index in [1.54, 1.807) is 25.1 Å². The van der Waals surface area contributed by atoms with Gasteiger partial charge >= 0.3 is 5.97 Å². The fourth-order valence-corrected chi connectivity index (χ4v) is 3.15. The zero-order valence-corrected chi connectivity index (χ0v) is 17.3. The maximum atomic E-state index is 11.8. The number of hydrogen-bond donors (Lipinski definition) is 0. The van der Waals surface area contributed by atoms with E-state index in [9.17, 15) is 4.79 Å². The molecule has 0 fully saturated rings. The van der Waals surface area contributed by atoms with Gasteiger partial charge in [0.1, 0.15) is 19.0 Å². The van der Waals surface area contributed by atoms with Crippen LogP contribution in [0.1, 0.15) is 31.9 Å². The average Bonchev–Trinajstić information content (AvgIpc) is 2.72. The lowest BCUT2D eigenvalue weighted by molar-refractivity contribution is -0.146. The van der Waals surface area contributed by atoms with Crippen LogP contribution in [0.15, 0.2) is 42.5 Å². The monoisotopic (exact) mass is 420 g/mol. The van der Waals surface area contributed by atoms with Gasteiger partial charge in [-0.3, -0.25) is 4.79 Å². The van der Waals surface area contributed by atoms with Gasteiger partial charge in [0.2, 0.25) is 0 Å². The van der Waals surface area contributed by atoms with Crippen LogP contribution in [0.4, 0.5) is 0 Å². The molecule has 0 bridgehead atoms. The summed E-state index contributed by atoms with van der Waals surface area (Å²) in [7, 11) is 0. The SMILES string of the molecule is CCOC(=O)CC(OCC)c1ccc(OCC2COc3ccc(Cl)cc3O2)cc1. The Morgan fingerprint density at radius 1 is 1.14 bits per heavy atom. The summed E-state index contributed by atoms with van der Waals surface area (Å²) in [5.74, 6) is 1.71. The van der Waals surface area contributed by atoms with Crippen molar-refractivity contribution in [3.8, 4) is 17.2 Å². The smallest absolute Gasteiger partial charge is 0.308 e. The molecule has 0 N–H and O–H groups in total. The number of esters is 1. The van der Waals surface area contributed by atoms with Gasteiger partial charge in [-0.2, -0.15) is 0 Å². The zero-order valence-electron chi connectivity index (χ0n) is 16.6. The Balaban J connectivity index is 1.55. The van der Waals surface area contributed by atoms with E-state index in [1.165, 1.54) is 0 Å². The van der Waals surface area contributed by atoms with Crippen LogP contribution in [0.5, 0.6) is 17.2 Å². The molecule has 1 aliphatic heterocycles. The van der Waals surface area contributed by atoms with Gasteiger partial charge in [0, 0.05) is 17.7 Å². The third-order valence-electron chi connectivity index (χ3n) is 4.34. The highest BCUT2D eigenvalue weighted by Gasteiger charge is 2.22. The van der Waals surface area contributed by atoms with Crippen molar-refractivity contribution in [2.24, 2.45) is 0 Å². The number of fused-ring (bicyclic) bond motifs is 1. The fourth-order valence-electron chi connectivity index (χ4n) is 2.99. The Labute approximate surface area is 175 Å². The lowest BCUT2D eigenvalue weighted by Crippen LogP contribution is -2.34. The van der Waals surface area contributed by atoms with Gasteiger partial charge in [-0.15, -0.1) is 0 Å². The molecule has 0 saturated heterocycles. The highest BCUT2D eigenvalue weighted by Crippen LogP contribution is 2.34. The van der Waals surface area contributed by atoms with Crippen LogP contribution in [0.2, 0.25) is 5.02 Å². The first-order valence-corrected chi connectivity index (χ1v) is 10.1. The first kappa shape index (κ1) is 21.3. The van der Waals surface area contributed by atoms with Crippen LogP contribution < -0.4 is 14.2 Å². The van der Waals surface area contributed by atoms with Gasteiger partial charge in [-0.25, -0.2) is 0 Å². The Kier molecular flexibility index (Phi) is 7.61. The number of benzene rings is 2. The summed E-state index contributed by atoms with van der Waals surface area (Å²) in [5, 5.41) is 0.594. The van der Waals surface area contributed by atoms with Crippen molar-refractivity contribution in [3.63, 3.8) is 0 Å². The van der Waals surface area contributed by atoms with Crippen LogP contribution in [0.25, 0.3) is 0 Å². The predicted octanol–water partition coefficient (Wildman–Crippen LogP) is 4.59. The molecule has 0 radical (unpaired) electrons. The topological polar surface area (TPSA) is 63.2 Å². The van der Waals surface area contributed by atoms with E-state index < -0.39 is 0 Å². The molecule has 2 aromatic carbocycles. The third kappa shape index (κ3) is 6.02. The van der Waals surface area contributed by atoms with Crippen LogP contribution in [0, 0.1) is 0 Å². The molecule has 3 rings (SSSR count). The van der Waals surface area contributed by atoms with Crippen LogP contribution in [-0.2, 0) is 14.3 Å². The summed E-state index contributed by atoms with van der Waals surface area (Å²) < 4.78 is 28.1. The standard InChI is InChI=1S/C22H25ClO6/c1-3-25-20(12-22(24)26-4-2)15-5-8-17(9-6-15)27-13-18-14-28-19-10-7-16(23)11-21(19)29-18/h5-11,18,20H,3-4,12-14H2,1-2H3. The summed E-state index contributed by atoms with van der Waals surface area (Å²) in [5.41, 5.74) is 0.896. The predicted molar refractivity (Wildman–Crippen MR) is 109 cm³/mol. The maximum absolute atomic E-state index is 11.8. The lowest BCUT2D eigenvalue weighted by Gasteiger charge is -2.26. The second kappa shape index (κ2) is 10.4. The summed E-state index contributed by atoms with van der Waals surface area (Å²) in [6, 6.07) is 12.8.